The lowest BCUT2D eigenvalue weighted by atomic mass is 9.91. The fourth-order valence-electron chi connectivity index (χ4n) is 3.27. The van der Waals surface area contributed by atoms with Gasteiger partial charge in [-0.3, -0.25) is 19.7 Å². The van der Waals surface area contributed by atoms with Crippen molar-refractivity contribution < 1.29 is 24.4 Å². The Morgan fingerprint density at radius 1 is 1.25 bits per heavy atom. The number of amides is 2. The molecule has 1 aromatic carbocycles. The summed E-state index contributed by atoms with van der Waals surface area (Å²) < 4.78 is 0. The fraction of sp³-hybridized carbons (Fsp3) is 0.526. The van der Waals surface area contributed by atoms with E-state index in [0.29, 0.717) is 19.4 Å². The van der Waals surface area contributed by atoms with Gasteiger partial charge in [0.05, 0.1) is 16.4 Å². The molecule has 9 heteroatoms. The van der Waals surface area contributed by atoms with Crippen molar-refractivity contribution in [2.45, 2.75) is 45.6 Å². The molecule has 1 aliphatic heterocycles. The Balaban J connectivity index is 2.22. The Morgan fingerprint density at radius 3 is 2.54 bits per heavy atom. The number of hydrogen-bond acceptors (Lipinski definition) is 5. The third-order valence-electron chi connectivity index (χ3n) is 4.97. The molecular weight excluding hydrogens is 366 g/mol. The van der Waals surface area contributed by atoms with Gasteiger partial charge in [0.15, 0.2) is 0 Å². The molecule has 2 rings (SSSR count). The lowest BCUT2D eigenvalue weighted by Crippen LogP contribution is -2.49. The largest absolute Gasteiger partial charge is 0.478 e. The van der Waals surface area contributed by atoms with Crippen molar-refractivity contribution >= 4 is 23.5 Å². The molecule has 2 amide bonds. The summed E-state index contributed by atoms with van der Waals surface area (Å²) >= 11 is 0. The number of hydrogen-bond donors (Lipinski definition) is 2. The average Bonchev–Trinajstić information content (AvgIpc) is 2.67. The molecule has 9 nitrogen and oxygen atoms in total. The zero-order chi connectivity index (χ0) is 20.8. The summed E-state index contributed by atoms with van der Waals surface area (Å²) in [6, 6.07) is 2.98. The number of aromatic carboxylic acids is 1. The van der Waals surface area contributed by atoms with Gasteiger partial charge in [-0.1, -0.05) is 13.3 Å². The van der Waals surface area contributed by atoms with Crippen molar-refractivity contribution in [3.63, 3.8) is 0 Å². The van der Waals surface area contributed by atoms with Gasteiger partial charge in [0, 0.05) is 36.8 Å². The van der Waals surface area contributed by atoms with Crippen molar-refractivity contribution in [2.24, 2.45) is 5.92 Å². The molecule has 2 N–H and O–H groups in total. The molecule has 0 bridgehead atoms. The molecule has 0 aromatic heterocycles. The van der Waals surface area contributed by atoms with Crippen molar-refractivity contribution in [1.82, 2.24) is 10.2 Å². The van der Waals surface area contributed by atoms with E-state index < -0.39 is 22.5 Å². The molecular formula is C19H25N3O6. The minimum Gasteiger partial charge on any atom is -0.478 e. The standard InChI is InChI=1S/C19H25N3O6/c1-3-4-7-20-17(23)13-6-5-12(2)21(11-13)18(24)14-8-15(19(25)26)10-16(9-14)22(27)28/h8-10,12-13H,3-7,11H2,1-2H3,(H,20,23)(H,25,26). The van der Waals surface area contributed by atoms with Gasteiger partial charge >= 0.3 is 5.97 Å². The summed E-state index contributed by atoms with van der Waals surface area (Å²) in [7, 11) is 0. The average molecular weight is 391 g/mol. The number of nitrogens with one attached hydrogen (secondary N) is 1. The second-order valence-corrected chi connectivity index (χ2v) is 7.06. The van der Waals surface area contributed by atoms with Crippen LogP contribution in [-0.2, 0) is 4.79 Å². The highest BCUT2D eigenvalue weighted by Gasteiger charge is 2.33. The summed E-state index contributed by atoms with van der Waals surface area (Å²) in [6.07, 6.45) is 3.12. The number of carbonyl (C=O) groups excluding carboxylic acids is 2. The zero-order valence-electron chi connectivity index (χ0n) is 16.0. The highest BCUT2D eigenvalue weighted by Crippen LogP contribution is 2.26. The number of carboxylic acids is 1. The third kappa shape index (κ3) is 5.05. The van der Waals surface area contributed by atoms with Crippen LogP contribution in [0.3, 0.4) is 0 Å². The van der Waals surface area contributed by atoms with Crippen LogP contribution in [0.2, 0.25) is 0 Å². The molecule has 1 fully saturated rings. The van der Waals surface area contributed by atoms with E-state index >= 15 is 0 Å². The predicted octanol–water partition coefficient (Wildman–Crippen LogP) is 2.45. The highest BCUT2D eigenvalue weighted by atomic mass is 16.6. The maximum Gasteiger partial charge on any atom is 0.335 e. The number of nitro benzene ring substituents is 1. The van der Waals surface area contributed by atoms with Crippen molar-refractivity contribution in [3.8, 4) is 0 Å². The first-order chi connectivity index (χ1) is 13.2. The van der Waals surface area contributed by atoms with E-state index in [-0.39, 0.29) is 35.5 Å². The predicted molar refractivity (Wildman–Crippen MR) is 101 cm³/mol. The first-order valence-corrected chi connectivity index (χ1v) is 9.36. The quantitative estimate of drug-likeness (QED) is 0.417. The van der Waals surface area contributed by atoms with E-state index in [0.717, 1.165) is 31.0 Å². The smallest absolute Gasteiger partial charge is 0.335 e. The van der Waals surface area contributed by atoms with Gasteiger partial charge in [0.1, 0.15) is 0 Å². The fourth-order valence-corrected chi connectivity index (χ4v) is 3.27. The maximum atomic E-state index is 13.0. The van der Waals surface area contributed by atoms with Crippen LogP contribution < -0.4 is 5.32 Å². The van der Waals surface area contributed by atoms with E-state index in [9.17, 15) is 29.6 Å². The van der Waals surface area contributed by atoms with Crippen LogP contribution in [0.1, 0.15) is 60.2 Å². The Morgan fingerprint density at radius 2 is 1.93 bits per heavy atom. The van der Waals surface area contributed by atoms with E-state index in [2.05, 4.69) is 5.32 Å². The number of benzene rings is 1. The first kappa shape index (κ1) is 21.3. The molecule has 0 radical (unpaired) electrons. The molecule has 1 aromatic rings. The highest BCUT2D eigenvalue weighted by molar-refractivity contribution is 5.99. The van der Waals surface area contributed by atoms with Crippen LogP contribution in [0.15, 0.2) is 18.2 Å². The number of nitrogens with zero attached hydrogens (tertiary/aromatic N) is 2. The summed E-state index contributed by atoms with van der Waals surface area (Å²) in [5.74, 6) is -2.32. The van der Waals surface area contributed by atoms with Crippen molar-refractivity contribution in [3.05, 3.63) is 39.4 Å². The number of carboxylic acid groups (broad SMARTS) is 1. The number of nitro groups is 1. The van der Waals surface area contributed by atoms with Crippen LogP contribution in [0.5, 0.6) is 0 Å². The van der Waals surface area contributed by atoms with Gasteiger partial charge < -0.3 is 15.3 Å². The molecule has 0 aliphatic carbocycles. The third-order valence-corrected chi connectivity index (χ3v) is 4.97. The van der Waals surface area contributed by atoms with Gasteiger partial charge in [0.2, 0.25) is 5.91 Å². The molecule has 28 heavy (non-hydrogen) atoms. The number of unbranched alkanes of at least 4 members (excludes halogenated alkanes) is 1. The van der Waals surface area contributed by atoms with E-state index in [1.807, 2.05) is 13.8 Å². The van der Waals surface area contributed by atoms with E-state index in [1.165, 1.54) is 4.90 Å². The normalized spacial score (nSPS) is 19.1. The summed E-state index contributed by atoms with van der Waals surface area (Å²) in [5, 5.41) is 23.1. The first-order valence-electron chi connectivity index (χ1n) is 9.36. The van der Waals surface area contributed by atoms with Crippen LogP contribution >= 0.6 is 0 Å². The van der Waals surface area contributed by atoms with Crippen molar-refractivity contribution in [2.75, 3.05) is 13.1 Å². The van der Waals surface area contributed by atoms with Gasteiger partial charge in [-0.25, -0.2) is 4.79 Å². The Bertz CT molecular complexity index is 747. The maximum absolute atomic E-state index is 13.0. The van der Waals surface area contributed by atoms with Crippen molar-refractivity contribution in [1.29, 1.82) is 0 Å². The molecule has 2 unspecified atom stereocenters. The SMILES string of the molecule is CCCCNC(=O)C1CCC(C)N(C(=O)c2cc(C(=O)O)cc([N+](=O)[O-])c2)C1. The van der Waals surface area contributed by atoms with Gasteiger partial charge in [-0.05, 0) is 32.3 Å². The van der Waals surface area contributed by atoms with E-state index in [1.54, 1.807) is 0 Å². The Labute approximate surface area is 162 Å². The summed E-state index contributed by atoms with van der Waals surface area (Å²) in [4.78, 5) is 48.4. The van der Waals surface area contributed by atoms with Crippen LogP contribution in [0.25, 0.3) is 0 Å². The number of non-ortho nitro benzene ring substituents is 1. The number of rotatable bonds is 7. The lowest BCUT2D eigenvalue weighted by molar-refractivity contribution is -0.384. The van der Waals surface area contributed by atoms with Gasteiger partial charge in [0.25, 0.3) is 11.6 Å². The minimum atomic E-state index is -1.35. The monoisotopic (exact) mass is 391 g/mol. The number of likely N-dealkylation sites (tertiary alicyclic amines) is 1. The molecule has 2 atom stereocenters. The summed E-state index contributed by atoms with van der Waals surface area (Å²) in [5.41, 5.74) is -0.844. The molecule has 1 heterocycles. The topological polar surface area (TPSA) is 130 Å². The molecule has 1 aliphatic rings. The number of piperidine rings is 1. The molecule has 0 saturated carbocycles. The lowest BCUT2D eigenvalue weighted by Gasteiger charge is -2.37. The minimum absolute atomic E-state index is 0.0644. The number of carbonyl (C=O) groups is 3. The summed E-state index contributed by atoms with van der Waals surface area (Å²) in [6.45, 7) is 4.66. The second-order valence-electron chi connectivity index (χ2n) is 7.06. The second kappa shape index (κ2) is 9.29. The molecule has 1 saturated heterocycles. The van der Waals surface area contributed by atoms with Crippen LogP contribution in [-0.4, -0.2) is 51.8 Å². The van der Waals surface area contributed by atoms with Crippen LogP contribution in [0.4, 0.5) is 5.69 Å². The van der Waals surface area contributed by atoms with Gasteiger partial charge in [-0.2, -0.15) is 0 Å². The molecule has 152 valence electrons. The van der Waals surface area contributed by atoms with Gasteiger partial charge in [-0.15, -0.1) is 0 Å². The zero-order valence-corrected chi connectivity index (χ0v) is 16.0. The van der Waals surface area contributed by atoms with E-state index in [4.69, 9.17) is 0 Å². The molecule has 0 spiro atoms. The Kier molecular flexibility index (Phi) is 7.08. The Hall–Kier alpha value is -2.97. The van der Waals surface area contributed by atoms with Crippen LogP contribution in [0, 0.1) is 16.0 Å².